The van der Waals surface area contributed by atoms with Crippen molar-refractivity contribution >= 4 is 27.7 Å². The summed E-state index contributed by atoms with van der Waals surface area (Å²) in [7, 11) is 0. The summed E-state index contributed by atoms with van der Waals surface area (Å²) < 4.78 is 26.6. The minimum absolute atomic E-state index is 0.0833. The highest BCUT2D eigenvalue weighted by molar-refractivity contribution is 7.17. The van der Waals surface area contributed by atoms with Crippen LogP contribution in [0.25, 0.3) is 10.1 Å². The fourth-order valence-electron chi connectivity index (χ4n) is 1.21. The van der Waals surface area contributed by atoms with E-state index >= 15 is 0 Å². The van der Waals surface area contributed by atoms with Crippen molar-refractivity contribution in [2.24, 2.45) is 0 Å². The third-order valence-electron chi connectivity index (χ3n) is 1.77. The predicted octanol–water partition coefficient (Wildman–Crippen LogP) is 2.99. The van der Waals surface area contributed by atoms with Crippen LogP contribution in [0.15, 0.2) is 18.2 Å². The van der Waals surface area contributed by atoms with E-state index in [0.29, 0.717) is 11.0 Å². The van der Waals surface area contributed by atoms with Crippen LogP contribution >= 0.6 is 11.3 Å². The molecule has 2 rings (SSSR count). The van der Waals surface area contributed by atoms with Gasteiger partial charge in [0.15, 0.2) is 11.4 Å². The Balaban J connectivity index is 2.96. The van der Waals surface area contributed by atoms with Crippen molar-refractivity contribution in [2.75, 3.05) is 0 Å². The molecule has 0 aliphatic carbocycles. The van der Waals surface area contributed by atoms with E-state index in [2.05, 4.69) is 0 Å². The van der Waals surface area contributed by atoms with Crippen LogP contribution in [-0.2, 0) is 0 Å². The average molecular weight is 198 g/mol. The Hall–Kier alpha value is -1.29. The number of hydrogen-bond donors (Lipinski definition) is 0. The Labute approximate surface area is 76.6 Å². The lowest BCUT2D eigenvalue weighted by atomic mass is 10.2. The van der Waals surface area contributed by atoms with Gasteiger partial charge in [-0.25, -0.2) is 4.39 Å². The number of aldehydes is 1. The first kappa shape index (κ1) is 8.31. The summed E-state index contributed by atoms with van der Waals surface area (Å²) in [6.45, 7) is 0. The number of carbonyl (C=O) groups excluding carboxylic acids is 1. The Kier molecular flexibility index (Phi) is 1.84. The van der Waals surface area contributed by atoms with Gasteiger partial charge in [-0.2, -0.15) is 4.39 Å². The summed E-state index contributed by atoms with van der Waals surface area (Å²) in [5.41, 5.74) is -0.182. The van der Waals surface area contributed by atoms with Crippen molar-refractivity contribution < 1.29 is 13.6 Å². The summed E-state index contributed by atoms with van der Waals surface area (Å²) >= 11 is 0.780. The largest absolute Gasteiger partial charge is 0.298 e. The lowest BCUT2D eigenvalue weighted by Gasteiger charge is -1.91. The first-order valence-electron chi connectivity index (χ1n) is 3.55. The van der Waals surface area contributed by atoms with Crippen LogP contribution in [0.1, 0.15) is 10.4 Å². The second kappa shape index (κ2) is 2.88. The van der Waals surface area contributed by atoms with Gasteiger partial charge in [-0.05, 0) is 12.1 Å². The topological polar surface area (TPSA) is 17.1 Å². The Morgan fingerprint density at radius 3 is 2.77 bits per heavy atom. The SMILES string of the molecule is O=Cc1c(F)sc2cccc(F)c12. The molecular formula is C9H4F2OS. The quantitative estimate of drug-likeness (QED) is 0.644. The molecule has 1 aromatic carbocycles. The molecule has 0 radical (unpaired) electrons. The Morgan fingerprint density at radius 1 is 1.31 bits per heavy atom. The molecule has 1 nitrogen and oxygen atoms in total. The van der Waals surface area contributed by atoms with Gasteiger partial charge in [0.2, 0.25) is 0 Å². The molecule has 4 heteroatoms. The van der Waals surface area contributed by atoms with Gasteiger partial charge in [0, 0.05) is 10.1 Å². The van der Waals surface area contributed by atoms with Gasteiger partial charge < -0.3 is 0 Å². The van der Waals surface area contributed by atoms with Gasteiger partial charge in [0.1, 0.15) is 5.82 Å². The molecule has 13 heavy (non-hydrogen) atoms. The molecule has 1 aromatic heterocycles. The smallest absolute Gasteiger partial charge is 0.188 e. The summed E-state index contributed by atoms with van der Waals surface area (Å²) in [4.78, 5) is 10.5. The molecular weight excluding hydrogens is 194 g/mol. The van der Waals surface area contributed by atoms with E-state index in [1.54, 1.807) is 6.07 Å². The molecule has 1 heterocycles. The zero-order valence-electron chi connectivity index (χ0n) is 6.38. The molecule has 0 aliphatic heterocycles. The zero-order valence-corrected chi connectivity index (χ0v) is 7.20. The molecule has 0 saturated carbocycles. The van der Waals surface area contributed by atoms with Crippen molar-refractivity contribution in [1.82, 2.24) is 0 Å². The lowest BCUT2D eigenvalue weighted by molar-refractivity contribution is 0.112. The second-order valence-electron chi connectivity index (χ2n) is 2.52. The van der Waals surface area contributed by atoms with Crippen LogP contribution in [-0.4, -0.2) is 6.29 Å². The van der Waals surface area contributed by atoms with E-state index in [9.17, 15) is 13.6 Å². The van der Waals surface area contributed by atoms with E-state index in [0.717, 1.165) is 11.3 Å². The van der Waals surface area contributed by atoms with Gasteiger partial charge in [-0.1, -0.05) is 6.07 Å². The molecule has 0 N–H and O–H groups in total. The van der Waals surface area contributed by atoms with E-state index in [-0.39, 0.29) is 10.9 Å². The highest BCUT2D eigenvalue weighted by Gasteiger charge is 2.14. The number of benzene rings is 1. The lowest BCUT2D eigenvalue weighted by Crippen LogP contribution is -1.83. The standard InChI is InChI=1S/C9H4F2OS/c10-6-2-1-3-7-8(6)5(4-12)9(11)13-7/h1-4H. The molecule has 2 aromatic rings. The van der Waals surface area contributed by atoms with Crippen molar-refractivity contribution in [3.05, 3.63) is 34.7 Å². The van der Waals surface area contributed by atoms with Crippen LogP contribution in [0.2, 0.25) is 0 Å². The van der Waals surface area contributed by atoms with Crippen LogP contribution in [0, 0.1) is 10.9 Å². The summed E-state index contributed by atoms with van der Waals surface area (Å²) in [6, 6.07) is 4.28. The molecule has 0 atom stereocenters. The first-order chi connectivity index (χ1) is 6.24. The Morgan fingerprint density at radius 2 is 2.08 bits per heavy atom. The number of hydrogen-bond acceptors (Lipinski definition) is 2. The van der Waals surface area contributed by atoms with Gasteiger partial charge in [-0.3, -0.25) is 4.79 Å². The van der Waals surface area contributed by atoms with E-state index in [1.165, 1.54) is 12.1 Å². The summed E-state index contributed by atoms with van der Waals surface area (Å²) in [5, 5.41) is -0.546. The first-order valence-corrected chi connectivity index (χ1v) is 4.37. The maximum Gasteiger partial charge on any atom is 0.188 e. The number of halogens is 2. The predicted molar refractivity (Wildman–Crippen MR) is 47.1 cm³/mol. The van der Waals surface area contributed by atoms with Crippen LogP contribution in [0.4, 0.5) is 8.78 Å². The van der Waals surface area contributed by atoms with E-state index in [1.807, 2.05) is 0 Å². The molecule has 66 valence electrons. The van der Waals surface area contributed by atoms with Crippen molar-refractivity contribution in [3.63, 3.8) is 0 Å². The fraction of sp³-hybridized carbons (Fsp3) is 0. The molecule has 0 amide bonds. The van der Waals surface area contributed by atoms with E-state index in [4.69, 9.17) is 0 Å². The molecule has 0 bridgehead atoms. The van der Waals surface area contributed by atoms with Crippen molar-refractivity contribution in [1.29, 1.82) is 0 Å². The minimum atomic E-state index is -0.630. The van der Waals surface area contributed by atoms with Crippen LogP contribution in [0.3, 0.4) is 0 Å². The molecule has 0 spiro atoms. The highest BCUT2D eigenvalue weighted by atomic mass is 32.1. The van der Waals surface area contributed by atoms with Crippen molar-refractivity contribution in [3.8, 4) is 0 Å². The van der Waals surface area contributed by atoms with Gasteiger partial charge in [0.25, 0.3) is 0 Å². The maximum atomic E-state index is 13.1. The van der Waals surface area contributed by atoms with E-state index < -0.39 is 10.9 Å². The maximum absolute atomic E-state index is 13.1. The van der Waals surface area contributed by atoms with Gasteiger partial charge in [-0.15, -0.1) is 11.3 Å². The number of thiophene rings is 1. The molecule has 0 saturated heterocycles. The van der Waals surface area contributed by atoms with Gasteiger partial charge >= 0.3 is 0 Å². The van der Waals surface area contributed by atoms with Gasteiger partial charge in [0.05, 0.1) is 5.56 Å². The number of rotatable bonds is 1. The molecule has 0 fully saturated rings. The monoisotopic (exact) mass is 198 g/mol. The van der Waals surface area contributed by atoms with Crippen LogP contribution < -0.4 is 0 Å². The number of fused-ring (bicyclic) bond motifs is 1. The normalized spacial score (nSPS) is 10.6. The third kappa shape index (κ3) is 1.14. The average Bonchev–Trinajstić information content (AvgIpc) is 2.42. The third-order valence-corrected chi connectivity index (χ3v) is 2.73. The summed E-state index contributed by atoms with van der Waals surface area (Å²) in [5.74, 6) is -0.556. The minimum Gasteiger partial charge on any atom is -0.298 e. The van der Waals surface area contributed by atoms with Crippen molar-refractivity contribution in [2.45, 2.75) is 0 Å². The fourth-order valence-corrected chi connectivity index (χ4v) is 2.12. The molecule has 0 aliphatic rings. The van der Waals surface area contributed by atoms with Crippen LogP contribution in [0.5, 0.6) is 0 Å². The highest BCUT2D eigenvalue weighted by Crippen LogP contribution is 2.30. The second-order valence-corrected chi connectivity index (χ2v) is 3.52. The summed E-state index contributed by atoms with van der Waals surface area (Å²) in [6.07, 6.45) is 0.344. The molecule has 0 unspecified atom stereocenters. The number of carbonyl (C=O) groups is 1. The zero-order chi connectivity index (χ0) is 9.42. The Bertz CT molecular complexity index is 476.